The zero-order valence-corrected chi connectivity index (χ0v) is 14.3. The minimum absolute atomic E-state index is 0.0368. The minimum atomic E-state index is -0.556. The number of amides is 2. The lowest BCUT2D eigenvalue weighted by Gasteiger charge is -2.27. The zero-order valence-electron chi connectivity index (χ0n) is 14.3. The topological polar surface area (TPSA) is 85.1 Å². The van der Waals surface area contributed by atoms with Crippen LogP contribution in [0.4, 0.5) is 0 Å². The number of benzene rings is 1. The number of rotatable bonds is 5. The van der Waals surface area contributed by atoms with Gasteiger partial charge in [-0.05, 0) is 35.4 Å². The fraction of sp³-hybridized carbons (Fsp3) is 0.286. The van der Waals surface area contributed by atoms with E-state index in [4.69, 9.17) is 5.73 Å². The molecule has 0 radical (unpaired) electrons. The van der Waals surface area contributed by atoms with Gasteiger partial charge in [0.25, 0.3) is 5.91 Å². The molecular formula is C21H21N3O2. The lowest BCUT2D eigenvalue weighted by Crippen LogP contribution is -2.36. The first kappa shape index (κ1) is 16.5. The molecule has 2 aliphatic carbocycles. The summed E-state index contributed by atoms with van der Waals surface area (Å²) in [6, 6.07) is 13.7. The van der Waals surface area contributed by atoms with Crippen molar-refractivity contribution in [2.75, 3.05) is 0 Å². The molecule has 4 atom stereocenters. The van der Waals surface area contributed by atoms with Crippen molar-refractivity contribution in [3.05, 3.63) is 77.6 Å². The van der Waals surface area contributed by atoms with Gasteiger partial charge in [-0.1, -0.05) is 48.6 Å². The maximum Gasteiger partial charge on any atom is 0.267 e. The third-order valence-corrected chi connectivity index (χ3v) is 5.49. The predicted octanol–water partition coefficient (Wildman–Crippen LogP) is 2.40. The van der Waals surface area contributed by atoms with Crippen LogP contribution < -0.4 is 11.1 Å². The normalized spacial score (nSPS) is 26.0. The third-order valence-electron chi connectivity index (χ3n) is 5.49. The van der Waals surface area contributed by atoms with Crippen molar-refractivity contribution in [3.8, 4) is 0 Å². The van der Waals surface area contributed by atoms with Crippen molar-refractivity contribution in [2.24, 2.45) is 23.5 Å². The molecule has 1 aromatic carbocycles. The summed E-state index contributed by atoms with van der Waals surface area (Å²) in [6.07, 6.45) is 7.08. The summed E-state index contributed by atoms with van der Waals surface area (Å²) in [6.45, 7) is 0.393. The van der Waals surface area contributed by atoms with Gasteiger partial charge < -0.3 is 11.1 Å². The van der Waals surface area contributed by atoms with Gasteiger partial charge in [0.05, 0.1) is 5.92 Å². The third kappa shape index (κ3) is 3.01. The summed E-state index contributed by atoms with van der Waals surface area (Å²) in [5.41, 5.74) is 7.50. The number of carbonyl (C=O) groups is 2. The van der Waals surface area contributed by atoms with Crippen molar-refractivity contribution < 1.29 is 9.59 Å². The first-order valence-electron chi connectivity index (χ1n) is 8.89. The molecule has 4 rings (SSSR count). The van der Waals surface area contributed by atoms with Crippen molar-refractivity contribution in [2.45, 2.75) is 18.9 Å². The van der Waals surface area contributed by atoms with E-state index in [1.54, 1.807) is 18.3 Å². The lowest BCUT2D eigenvalue weighted by molar-refractivity contribution is -0.126. The molecule has 2 amide bonds. The number of nitrogens with two attached hydrogens (primary N) is 1. The molecule has 1 heterocycles. The molecule has 3 N–H and O–H groups in total. The average molecular weight is 347 g/mol. The highest BCUT2D eigenvalue weighted by atomic mass is 16.2. The summed E-state index contributed by atoms with van der Waals surface area (Å²) in [7, 11) is 0. The van der Waals surface area contributed by atoms with Crippen molar-refractivity contribution >= 4 is 11.8 Å². The Morgan fingerprint density at radius 1 is 1.08 bits per heavy atom. The van der Waals surface area contributed by atoms with Gasteiger partial charge in [0.2, 0.25) is 5.91 Å². The van der Waals surface area contributed by atoms with E-state index < -0.39 is 5.91 Å². The van der Waals surface area contributed by atoms with Gasteiger partial charge in [0.1, 0.15) is 5.69 Å². The highest BCUT2D eigenvalue weighted by Gasteiger charge is 2.48. The molecule has 2 aliphatic rings. The number of hydrogen-bond donors (Lipinski definition) is 2. The Kier molecular flexibility index (Phi) is 4.29. The number of nitrogens with zero attached hydrogens (tertiary/aromatic N) is 1. The molecule has 132 valence electrons. The molecule has 1 fully saturated rings. The van der Waals surface area contributed by atoms with Crippen LogP contribution in [0.2, 0.25) is 0 Å². The fourth-order valence-electron chi connectivity index (χ4n) is 4.29. The number of aromatic nitrogens is 1. The molecular weight excluding hydrogens is 326 g/mol. The zero-order chi connectivity index (χ0) is 18.1. The second-order valence-corrected chi connectivity index (χ2v) is 7.04. The van der Waals surface area contributed by atoms with Crippen molar-refractivity contribution in [3.63, 3.8) is 0 Å². The van der Waals surface area contributed by atoms with E-state index in [0.29, 0.717) is 18.4 Å². The Morgan fingerprint density at radius 2 is 1.85 bits per heavy atom. The van der Waals surface area contributed by atoms with Crippen LogP contribution in [0.1, 0.15) is 34.0 Å². The standard InChI is InChI=1S/C21H21N3O2/c22-20(25)17-9-6-13(11-23-17)12-24-21(26)19-16-8-7-15(10-16)18(19)14-4-2-1-3-5-14/h1-9,11,15-16,18-19H,10,12H2,(H2,22,25)(H,24,26). The highest BCUT2D eigenvalue weighted by molar-refractivity contribution is 5.90. The Morgan fingerprint density at radius 3 is 2.54 bits per heavy atom. The highest BCUT2D eigenvalue weighted by Crippen LogP contribution is 2.52. The number of nitrogens with one attached hydrogen (secondary N) is 1. The van der Waals surface area contributed by atoms with Crippen LogP contribution in [0.25, 0.3) is 0 Å². The Labute approximate surface area is 152 Å². The van der Waals surface area contributed by atoms with E-state index in [9.17, 15) is 9.59 Å². The van der Waals surface area contributed by atoms with Gasteiger partial charge in [-0.2, -0.15) is 0 Å². The van der Waals surface area contributed by atoms with Crippen LogP contribution in [0, 0.1) is 17.8 Å². The summed E-state index contributed by atoms with van der Waals surface area (Å²) >= 11 is 0. The Balaban J connectivity index is 1.46. The average Bonchev–Trinajstić information content (AvgIpc) is 3.28. The first-order chi connectivity index (χ1) is 12.6. The van der Waals surface area contributed by atoms with Crippen LogP contribution in [-0.2, 0) is 11.3 Å². The molecule has 26 heavy (non-hydrogen) atoms. The number of allylic oxidation sites excluding steroid dienone is 2. The lowest BCUT2D eigenvalue weighted by atomic mass is 9.78. The van der Waals surface area contributed by atoms with E-state index in [-0.39, 0.29) is 23.4 Å². The van der Waals surface area contributed by atoms with E-state index in [2.05, 4.69) is 34.6 Å². The number of fused-ring (bicyclic) bond motifs is 2. The maximum atomic E-state index is 12.9. The van der Waals surface area contributed by atoms with Crippen LogP contribution in [0.3, 0.4) is 0 Å². The Hall–Kier alpha value is -2.95. The van der Waals surface area contributed by atoms with Gasteiger partial charge in [-0.25, -0.2) is 0 Å². The second kappa shape index (κ2) is 6.75. The number of pyridine rings is 1. The van der Waals surface area contributed by atoms with Crippen molar-refractivity contribution in [1.29, 1.82) is 0 Å². The van der Waals surface area contributed by atoms with Gasteiger partial charge in [0.15, 0.2) is 0 Å². The predicted molar refractivity (Wildman–Crippen MR) is 98.0 cm³/mol. The van der Waals surface area contributed by atoms with Gasteiger partial charge in [-0.3, -0.25) is 14.6 Å². The van der Waals surface area contributed by atoms with Gasteiger partial charge >= 0.3 is 0 Å². The largest absolute Gasteiger partial charge is 0.364 e. The smallest absolute Gasteiger partial charge is 0.267 e. The van der Waals surface area contributed by atoms with Gasteiger partial charge in [-0.15, -0.1) is 0 Å². The minimum Gasteiger partial charge on any atom is -0.364 e. The van der Waals surface area contributed by atoms with Crippen LogP contribution in [0.5, 0.6) is 0 Å². The van der Waals surface area contributed by atoms with Crippen LogP contribution in [-0.4, -0.2) is 16.8 Å². The molecule has 1 saturated carbocycles. The number of carbonyl (C=O) groups excluding carboxylic acids is 2. The Bertz CT molecular complexity index is 845. The molecule has 0 aliphatic heterocycles. The summed E-state index contributed by atoms with van der Waals surface area (Å²) in [5, 5.41) is 3.05. The maximum absolute atomic E-state index is 12.9. The van der Waals surface area contributed by atoms with E-state index >= 15 is 0 Å². The number of hydrogen-bond acceptors (Lipinski definition) is 3. The van der Waals surface area contributed by atoms with E-state index in [0.717, 1.165) is 12.0 Å². The molecule has 1 aromatic heterocycles. The molecule has 4 unspecified atom stereocenters. The monoisotopic (exact) mass is 347 g/mol. The molecule has 2 bridgehead atoms. The van der Waals surface area contributed by atoms with Crippen LogP contribution >= 0.6 is 0 Å². The quantitative estimate of drug-likeness (QED) is 0.815. The summed E-state index contributed by atoms with van der Waals surface area (Å²) in [4.78, 5) is 28.0. The first-order valence-corrected chi connectivity index (χ1v) is 8.89. The van der Waals surface area contributed by atoms with E-state index in [1.807, 2.05) is 18.2 Å². The summed E-state index contributed by atoms with van der Waals surface area (Å²) < 4.78 is 0. The summed E-state index contributed by atoms with van der Waals surface area (Å²) in [5.74, 6) is 0.469. The second-order valence-electron chi connectivity index (χ2n) is 7.04. The van der Waals surface area contributed by atoms with Crippen LogP contribution in [0.15, 0.2) is 60.8 Å². The molecule has 5 nitrogen and oxygen atoms in total. The van der Waals surface area contributed by atoms with E-state index in [1.165, 1.54) is 5.56 Å². The van der Waals surface area contributed by atoms with Crippen molar-refractivity contribution in [1.82, 2.24) is 10.3 Å². The fourth-order valence-corrected chi connectivity index (χ4v) is 4.29. The number of primary amides is 1. The molecule has 2 aromatic rings. The molecule has 0 saturated heterocycles. The molecule has 0 spiro atoms. The molecule has 5 heteroatoms. The van der Waals surface area contributed by atoms with Gasteiger partial charge in [0, 0.05) is 18.7 Å². The SMILES string of the molecule is NC(=O)c1ccc(CNC(=O)C2C3C=CC(C3)C2c2ccccc2)cn1.